The number of aromatic nitrogens is 3. The van der Waals surface area contributed by atoms with Gasteiger partial charge in [-0.15, -0.1) is 0 Å². The van der Waals surface area contributed by atoms with Crippen LogP contribution in [0.15, 0.2) is 48.8 Å². The van der Waals surface area contributed by atoms with Crippen molar-refractivity contribution < 1.29 is 0 Å². The van der Waals surface area contributed by atoms with Gasteiger partial charge in [0.25, 0.3) is 0 Å². The number of hydrogen-bond acceptors (Lipinski definition) is 3. The minimum absolute atomic E-state index is 0.341. The summed E-state index contributed by atoms with van der Waals surface area (Å²) in [6, 6.07) is 13.8. The van der Waals surface area contributed by atoms with Crippen LogP contribution in [0.3, 0.4) is 0 Å². The van der Waals surface area contributed by atoms with Crippen LogP contribution in [0.5, 0.6) is 0 Å². The van der Waals surface area contributed by atoms with Gasteiger partial charge in [-0.3, -0.25) is 4.57 Å². The van der Waals surface area contributed by atoms with Gasteiger partial charge < -0.3 is 0 Å². The third-order valence-electron chi connectivity index (χ3n) is 2.57. The molecule has 4 nitrogen and oxygen atoms in total. The molecule has 0 aliphatic rings. The van der Waals surface area contributed by atoms with Crippen molar-refractivity contribution in [1.29, 1.82) is 5.26 Å². The topological polar surface area (TPSA) is 54.5 Å². The molecule has 0 atom stereocenters. The van der Waals surface area contributed by atoms with Crippen molar-refractivity contribution in [2.45, 2.75) is 0 Å². The minimum atomic E-state index is 0.341. The molecule has 0 spiro atoms. The standard InChI is InChI=1S/C13H8N4/c14-9-13-15-7-8-17(13)12-6-5-10-3-1-2-4-11(10)16-12/h1-8H. The molecule has 1 aromatic carbocycles. The van der Waals surface area contributed by atoms with Crippen LogP contribution in [0.25, 0.3) is 16.7 Å². The summed E-state index contributed by atoms with van der Waals surface area (Å²) in [4.78, 5) is 8.45. The Morgan fingerprint density at radius 1 is 1.12 bits per heavy atom. The minimum Gasteiger partial charge on any atom is -0.275 e. The second kappa shape index (κ2) is 3.72. The summed E-state index contributed by atoms with van der Waals surface area (Å²) in [6.07, 6.45) is 3.32. The number of fused-ring (bicyclic) bond motifs is 1. The van der Waals surface area contributed by atoms with Crippen LogP contribution in [0.1, 0.15) is 5.82 Å². The van der Waals surface area contributed by atoms with E-state index in [4.69, 9.17) is 5.26 Å². The number of hydrogen-bond donors (Lipinski definition) is 0. The third kappa shape index (κ3) is 1.54. The zero-order valence-electron chi connectivity index (χ0n) is 8.91. The Kier molecular flexibility index (Phi) is 2.09. The second-order valence-electron chi connectivity index (χ2n) is 3.59. The molecule has 0 saturated heterocycles. The van der Waals surface area contributed by atoms with Gasteiger partial charge in [0, 0.05) is 17.8 Å². The highest BCUT2D eigenvalue weighted by Gasteiger charge is 2.05. The maximum atomic E-state index is 8.92. The van der Waals surface area contributed by atoms with E-state index in [1.54, 1.807) is 17.0 Å². The number of para-hydroxylation sites is 1. The molecule has 0 saturated carbocycles. The highest BCUT2D eigenvalue weighted by Crippen LogP contribution is 2.15. The van der Waals surface area contributed by atoms with Crippen molar-refractivity contribution >= 4 is 10.9 Å². The predicted molar refractivity (Wildman–Crippen MR) is 63.6 cm³/mol. The van der Waals surface area contributed by atoms with E-state index in [0.29, 0.717) is 11.6 Å². The third-order valence-corrected chi connectivity index (χ3v) is 2.57. The van der Waals surface area contributed by atoms with Crippen LogP contribution in [-0.4, -0.2) is 14.5 Å². The zero-order valence-corrected chi connectivity index (χ0v) is 8.91. The second-order valence-corrected chi connectivity index (χ2v) is 3.59. The molecule has 0 unspecified atom stereocenters. The first-order valence-electron chi connectivity index (χ1n) is 5.18. The fourth-order valence-corrected chi connectivity index (χ4v) is 1.76. The lowest BCUT2D eigenvalue weighted by atomic mass is 10.2. The Morgan fingerprint density at radius 2 is 2.00 bits per heavy atom. The summed E-state index contributed by atoms with van der Waals surface area (Å²) in [6.45, 7) is 0. The Morgan fingerprint density at radius 3 is 2.88 bits per heavy atom. The molecule has 0 aliphatic carbocycles. The average molecular weight is 220 g/mol. The van der Waals surface area contributed by atoms with Crippen LogP contribution in [0, 0.1) is 11.3 Å². The van der Waals surface area contributed by atoms with Gasteiger partial charge in [-0.2, -0.15) is 5.26 Å². The summed E-state index contributed by atoms with van der Waals surface area (Å²) < 4.78 is 1.67. The normalized spacial score (nSPS) is 10.3. The van der Waals surface area contributed by atoms with E-state index < -0.39 is 0 Å². The molecular weight excluding hydrogens is 212 g/mol. The maximum absolute atomic E-state index is 8.92. The largest absolute Gasteiger partial charge is 0.275 e. The summed E-state index contributed by atoms with van der Waals surface area (Å²) in [5.41, 5.74) is 0.905. The molecule has 80 valence electrons. The molecule has 4 heteroatoms. The Hall–Kier alpha value is -2.67. The molecule has 3 rings (SSSR count). The van der Waals surface area contributed by atoms with Gasteiger partial charge in [-0.05, 0) is 18.2 Å². The first-order valence-corrected chi connectivity index (χ1v) is 5.18. The Bertz CT molecular complexity index is 721. The van der Waals surface area contributed by atoms with Crippen molar-refractivity contribution in [3.8, 4) is 11.9 Å². The van der Waals surface area contributed by atoms with Gasteiger partial charge in [0.05, 0.1) is 5.52 Å². The quantitative estimate of drug-likeness (QED) is 0.632. The highest BCUT2D eigenvalue weighted by molar-refractivity contribution is 5.79. The van der Waals surface area contributed by atoms with Gasteiger partial charge in [0.15, 0.2) is 0 Å². The van der Waals surface area contributed by atoms with E-state index in [1.165, 1.54) is 0 Å². The molecule has 0 N–H and O–H groups in total. The van der Waals surface area contributed by atoms with Crippen molar-refractivity contribution in [3.05, 3.63) is 54.6 Å². The molecule has 17 heavy (non-hydrogen) atoms. The van der Waals surface area contributed by atoms with E-state index in [-0.39, 0.29) is 0 Å². The summed E-state index contributed by atoms with van der Waals surface area (Å²) in [7, 11) is 0. The first kappa shape index (κ1) is 9.55. The van der Waals surface area contributed by atoms with Crippen LogP contribution in [0.2, 0.25) is 0 Å². The fourth-order valence-electron chi connectivity index (χ4n) is 1.76. The molecule has 0 amide bonds. The number of imidazole rings is 1. The van der Waals surface area contributed by atoms with Gasteiger partial charge in [0.2, 0.25) is 5.82 Å². The van der Waals surface area contributed by atoms with Crippen LogP contribution < -0.4 is 0 Å². The molecule has 0 radical (unpaired) electrons. The van der Waals surface area contributed by atoms with E-state index >= 15 is 0 Å². The molecular formula is C13H8N4. The van der Waals surface area contributed by atoms with E-state index in [1.807, 2.05) is 42.5 Å². The molecule has 0 bridgehead atoms. The highest BCUT2D eigenvalue weighted by atomic mass is 15.1. The lowest BCUT2D eigenvalue weighted by Gasteiger charge is -2.04. The fraction of sp³-hybridized carbons (Fsp3) is 0. The first-order chi connectivity index (χ1) is 8.38. The lowest BCUT2D eigenvalue weighted by Crippen LogP contribution is -1.99. The monoisotopic (exact) mass is 220 g/mol. The number of nitriles is 1. The number of pyridine rings is 1. The van der Waals surface area contributed by atoms with E-state index in [0.717, 1.165) is 10.9 Å². The number of nitrogens with zero attached hydrogens (tertiary/aromatic N) is 4. The summed E-state index contributed by atoms with van der Waals surface area (Å²) >= 11 is 0. The summed E-state index contributed by atoms with van der Waals surface area (Å²) in [5, 5.41) is 10.00. The van der Waals surface area contributed by atoms with Gasteiger partial charge >= 0.3 is 0 Å². The molecule has 0 fully saturated rings. The van der Waals surface area contributed by atoms with Crippen molar-refractivity contribution in [2.75, 3.05) is 0 Å². The van der Waals surface area contributed by atoms with Crippen molar-refractivity contribution in [1.82, 2.24) is 14.5 Å². The molecule has 0 aliphatic heterocycles. The van der Waals surface area contributed by atoms with Crippen LogP contribution >= 0.6 is 0 Å². The molecule has 2 aromatic heterocycles. The van der Waals surface area contributed by atoms with Gasteiger partial charge in [0.1, 0.15) is 11.9 Å². The van der Waals surface area contributed by atoms with Gasteiger partial charge in [-0.1, -0.05) is 18.2 Å². The SMILES string of the molecule is N#Cc1nccn1-c1ccc2ccccc2n1. The van der Waals surface area contributed by atoms with Crippen LogP contribution in [-0.2, 0) is 0 Å². The van der Waals surface area contributed by atoms with Crippen molar-refractivity contribution in [3.63, 3.8) is 0 Å². The van der Waals surface area contributed by atoms with Gasteiger partial charge in [-0.25, -0.2) is 9.97 Å². The Balaban J connectivity index is 2.22. The predicted octanol–water partition coefficient (Wildman–Crippen LogP) is 2.29. The summed E-state index contributed by atoms with van der Waals surface area (Å²) in [5.74, 6) is 1.05. The van der Waals surface area contributed by atoms with E-state index in [2.05, 4.69) is 9.97 Å². The average Bonchev–Trinajstić information content (AvgIpc) is 2.86. The Labute approximate surface area is 97.8 Å². The number of benzene rings is 1. The number of rotatable bonds is 1. The smallest absolute Gasteiger partial charge is 0.218 e. The van der Waals surface area contributed by atoms with Crippen LogP contribution in [0.4, 0.5) is 0 Å². The van der Waals surface area contributed by atoms with E-state index in [9.17, 15) is 0 Å². The molecule has 3 aromatic rings. The van der Waals surface area contributed by atoms with Crippen molar-refractivity contribution in [2.24, 2.45) is 0 Å². The lowest BCUT2D eigenvalue weighted by molar-refractivity contribution is 0.978. The zero-order chi connectivity index (χ0) is 11.7. The maximum Gasteiger partial charge on any atom is 0.218 e. The molecule has 2 heterocycles.